The molecule has 2 saturated heterocycles. The largest absolute Gasteiger partial charge is 0.334 e. The SMILES string of the molecule is CCCCCC[C@H]1CC[C@H]2CCCC[C@]23CCC(=O)N13. The summed E-state index contributed by atoms with van der Waals surface area (Å²) in [5.74, 6) is 1.31. The lowest BCUT2D eigenvalue weighted by Crippen LogP contribution is -2.59. The maximum Gasteiger partial charge on any atom is 0.223 e. The van der Waals surface area contributed by atoms with Crippen molar-refractivity contribution in [2.45, 2.75) is 102 Å². The van der Waals surface area contributed by atoms with Crippen molar-refractivity contribution in [3.8, 4) is 0 Å². The monoisotopic (exact) mass is 277 g/mol. The van der Waals surface area contributed by atoms with Gasteiger partial charge in [0.05, 0.1) is 0 Å². The molecule has 0 radical (unpaired) electrons. The summed E-state index contributed by atoms with van der Waals surface area (Å²) in [5.41, 5.74) is 0.309. The Morgan fingerprint density at radius 2 is 2.00 bits per heavy atom. The van der Waals surface area contributed by atoms with Gasteiger partial charge in [0.2, 0.25) is 5.91 Å². The number of nitrogens with zero attached hydrogens (tertiary/aromatic N) is 1. The molecule has 1 aliphatic carbocycles. The van der Waals surface area contributed by atoms with E-state index in [0.717, 1.165) is 12.3 Å². The molecule has 3 fully saturated rings. The van der Waals surface area contributed by atoms with Crippen molar-refractivity contribution in [2.24, 2.45) is 5.92 Å². The van der Waals surface area contributed by atoms with E-state index in [9.17, 15) is 4.79 Å². The number of piperidine rings is 1. The first-order valence-electron chi connectivity index (χ1n) is 9.10. The topological polar surface area (TPSA) is 20.3 Å². The van der Waals surface area contributed by atoms with E-state index in [1.54, 1.807) is 0 Å². The maximum atomic E-state index is 12.5. The molecule has 0 bridgehead atoms. The van der Waals surface area contributed by atoms with Crippen LogP contribution in [-0.4, -0.2) is 22.4 Å². The zero-order valence-corrected chi connectivity index (χ0v) is 13.2. The normalized spacial score (nSPS) is 36.9. The Labute approximate surface area is 124 Å². The van der Waals surface area contributed by atoms with Crippen LogP contribution in [0.1, 0.15) is 90.4 Å². The van der Waals surface area contributed by atoms with Gasteiger partial charge < -0.3 is 4.90 Å². The third-order valence-electron chi connectivity index (χ3n) is 6.30. The second kappa shape index (κ2) is 6.07. The quantitative estimate of drug-likeness (QED) is 0.669. The van der Waals surface area contributed by atoms with Gasteiger partial charge in [-0.1, -0.05) is 45.4 Å². The Morgan fingerprint density at radius 3 is 2.85 bits per heavy atom. The molecule has 1 spiro atoms. The first kappa shape index (κ1) is 14.4. The maximum absolute atomic E-state index is 12.5. The van der Waals surface area contributed by atoms with Gasteiger partial charge in [-0.15, -0.1) is 0 Å². The van der Waals surface area contributed by atoms with Gasteiger partial charge in [-0.25, -0.2) is 0 Å². The Bertz CT molecular complexity index is 353. The van der Waals surface area contributed by atoms with E-state index in [-0.39, 0.29) is 0 Å². The highest BCUT2D eigenvalue weighted by molar-refractivity contribution is 5.80. The summed E-state index contributed by atoms with van der Waals surface area (Å²) < 4.78 is 0. The van der Waals surface area contributed by atoms with Gasteiger partial charge in [0.15, 0.2) is 0 Å². The van der Waals surface area contributed by atoms with Gasteiger partial charge in [-0.2, -0.15) is 0 Å². The average molecular weight is 277 g/mol. The molecule has 0 aromatic rings. The zero-order valence-electron chi connectivity index (χ0n) is 13.2. The molecule has 2 heteroatoms. The highest BCUT2D eigenvalue weighted by Crippen LogP contribution is 2.52. The summed E-state index contributed by atoms with van der Waals surface area (Å²) >= 11 is 0. The van der Waals surface area contributed by atoms with Crippen molar-refractivity contribution >= 4 is 5.91 Å². The number of amides is 1. The fourth-order valence-electron chi connectivity index (χ4n) is 5.34. The number of carbonyl (C=O) groups excluding carboxylic acids is 1. The standard InChI is InChI=1S/C18H31NO/c1-2-3-4-5-9-16-11-10-15-8-6-7-13-18(15)14-12-17(20)19(16)18/h15-16H,2-14H2,1H3/t15-,16+,18+/m1/s1. The summed E-state index contributed by atoms with van der Waals surface area (Å²) in [6.45, 7) is 2.27. The van der Waals surface area contributed by atoms with Crippen LogP contribution in [0.2, 0.25) is 0 Å². The molecular weight excluding hydrogens is 246 g/mol. The summed E-state index contributed by atoms with van der Waals surface area (Å²) in [6.07, 6.45) is 16.7. The van der Waals surface area contributed by atoms with E-state index in [4.69, 9.17) is 0 Å². The summed E-state index contributed by atoms with van der Waals surface area (Å²) in [7, 11) is 0. The Hall–Kier alpha value is -0.530. The number of carbonyl (C=O) groups is 1. The van der Waals surface area contributed by atoms with Gasteiger partial charge in [-0.3, -0.25) is 4.79 Å². The molecule has 114 valence electrons. The second-order valence-electron chi connectivity index (χ2n) is 7.39. The molecule has 3 rings (SSSR count). The lowest BCUT2D eigenvalue weighted by atomic mass is 9.66. The van der Waals surface area contributed by atoms with E-state index < -0.39 is 0 Å². The molecule has 0 aromatic carbocycles. The third-order valence-corrected chi connectivity index (χ3v) is 6.30. The average Bonchev–Trinajstić information content (AvgIpc) is 2.81. The summed E-state index contributed by atoms with van der Waals surface area (Å²) in [4.78, 5) is 14.9. The van der Waals surface area contributed by atoms with Crippen LogP contribution in [0.3, 0.4) is 0 Å². The summed E-state index contributed by atoms with van der Waals surface area (Å²) in [5, 5.41) is 0. The van der Waals surface area contributed by atoms with Crippen LogP contribution < -0.4 is 0 Å². The van der Waals surface area contributed by atoms with E-state index in [0.29, 0.717) is 17.5 Å². The number of rotatable bonds is 5. The molecular formula is C18H31NO. The molecule has 2 nitrogen and oxygen atoms in total. The van der Waals surface area contributed by atoms with Gasteiger partial charge in [0, 0.05) is 18.0 Å². The third kappa shape index (κ3) is 2.40. The lowest BCUT2D eigenvalue weighted by Gasteiger charge is -2.54. The second-order valence-corrected chi connectivity index (χ2v) is 7.39. The van der Waals surface area contributed by atoms with Crippen LogP contribution >= 0.6 is 0 Å². The molecule has 3 atom stereocenters. The van der Waals surface area contributed by atoms with Gasteiger partial charge >= 0.3 is 0 Å². The number of hydrogen-bond acceptors (Lipinski definition) is 1. The summed E-state index contributed by atoms with van der Waals surface area (Å²) in [6, 6.07) is 0.580. The molecule has 3 aliphatic rings. The molecule has 2 aliphatic heterocycles. The van der Waals surface area contributed by atoms with E-state index in [1.165, 1.54) is 77.0 Å². The molecule has 2 heterocycles. The van der Waals surface area contributed by atoms with Crippen molar-refractivity contribution < 1.29 is 4.79 Å². The minimum Gasteiger partial charge on any atom is -0.334 e. The predicted octanol–water partition coefficient (Wildman–Crippen LogP) is 4.67. The van der Waals surface area contributed by atoms with Crippen molar-refractivity contribution in [3.63, 3.8) is 0 Å². The highest BCUT2D eigenvalue weighted by atomic mass is 16.2. The lowest BCUT2D eigenvalue weighted by molar-refractivity contribution is -0.142. The number of unbranched alkanes of at least 4 members (excludes halogenated alkanes) is 3. The van der Waals surface area contributed by atoms with Crippen molar-refractivity contribution in [3.05, 3.63) is 0 Å². The Morgan fingerprint density at radius 1 is 1.10 bits per heavy atom. The van der Waals surface area contributed by atoms with Crippen LogP contribution in [0.15, 0.2) is 0 Å². The zero-order chi connectivity index (χ0) is 14.0. The number of hydrogen-bond donors (Lipinski definition) is 0. The molecule has 1 amide bonds. The molecule has 20 heavy (non-hydrogen) atoms. The first-order valence-corrected chi connectivity index (χ1v) is 9.10. The fourth-order valence-corrected chi connectivity index (χ4v) is 5.34. The van der Waals surface area contributed by atoms with Crippen molar-refractivity contribution in [2.75, 3.05) is 0 Å². The van der Waals surface area contributed by atoms with Gasteiger partial charge in [0.25, 0.3) is 0 Å². The van der Waals surface area contributed by atoms with Crippen molar-refractivity contribution in [1.29, 1.82) is 0 Å². The fraction of sp³-hybridized carbons (Fsp3) is 0.944. The molecule has 1 saturated carbocycles. The van der Waals surface area contributed by atoms with E-state index in [2.05, 4.69) is 11.8 Å². The van der Waals surface area contributed by atoms with Crippen LogP contribution in [-0.2, 0) is 4.79 Å². The molecule has 0 unspecified atom stereocenters. The van der Waals surface area contributed by atoms with E-state index in [1.807, 2.05) is 0 Å². The van der Waals surface area contributed by atoms with Gasteiger partial charge in [-0.05, 0) is 44.4 Å². The minimum atomic E-state index is 0.309. The Balaban J connectivity index is 1.69. The van der Waals surface area contributed by atoms with Gasteiger partial charge in [0.1, 0.15) is 0 Å². The Kier molecular flexibility index (Phi) is 4.37. The predicted molar refractivity (Wildman–Crippen MR) is 82.6 cm³/mol. The first-order chi connectivity index (χ1) is 9.78. The molecule has 0 aromatic heterocycles. The van der Waals surface area contributed by atoms with Crippen LogP contribution in [0.5, 0.6) is 0 Å². The van der Waals surface area contributed by atoms with Crippen LogP contribution in [0.25, 0.3) is 0 Å². The smallest absolute Gasteiger partial charge is 0.223 e. The van der Waals surface area contributed by atoms with Crippen LogP contribution in [0, 0.1) is 5.92 Å². The van der Waals surface area contributed by atoms with Crippen LogP contribution in [0.4, 0.5) is 0 Å². The highest BCUT2D eigenvalue weighted by Gasteiger charge is 2.55. The minimum absolute atomic E-state index is 0.309. The van der Waals surface area contributed by atoms with E-state index >= 15 is 0 Å². The molecule has 0 N–H and O–H groups in total. The van der Waals surface area contributed by atoms with Crippen molar-refractivity contribution in [1.82, 2.24) is 4.90 Å².